The van der Waals surface area contributed by atoms with Crippen LogP contribution in [0.25, 0.3) is 11.5 Å². The van der Waals surface area contributed by atoms with Crippen molar-refractivity contribution < 1.29 is 24.4 Å². The van der Waals surface area contributed by atoms with Gasteiger partial charge >= 0.3 is 0 Å². The molecule has 0 radical (unpaired) electrons. The molecule has 3 heterocycles. The van der Waals surface area contributed by atoms with Crippen LogP contribution in [0.4, 0.5) is 4.39 Å². The topological polar surface area (TPSA) is 111 Å². The Bertz CT molecular complexity index is 697. The number of halogens is 1. The van der Waals surface area contributed by atoms with Gasteiger partial charge in [0.2, 0.25) is 5.95 Å². The van der Waals surface area contributed by atoms with Gasteiger partial charge in [-0.25, -0.2) is 9.97 Å². The van der Waals surface area contributed by atoms with E-state index in [1.165, 1.54) is 6.07 Å². The molecule has 7 nitrogen and oxygen atoms in total. The molecule has 4 atom stereocenters. The van der Waals surface area contributed by atoms with E-state index in [1.807, 2.05) is 0 Å². The van der Waals surface area contributed by atoms with E-state index < -0.39 is 37.0 Å². The average Bonchev–Trinajstić information content (AvgIpc) is 2.74. The van der Waals surface area contributed by atoms with Gasteiger partial charge in [-0.1, -0.05) is 12.2 Å². The largest absolute Gasteiger partial charge is 0.394 e. The zero-order valence-corrected chi connectivity index (χ0v) is 11.4. The second kappa shape index (κ2) is 5.35. The summed E-state index contributed by atoms with van der Waals surface area (Å²) < 4.78 is 18.6. The highest BCUT2D eigenvalue weighted by Gasteiger charge is 2.43. The first-order valence-electron chi connectivity index (χ1n) is 6.19. The van der Waals surface area contributed by atoms with Gasteiger partial charge in [-0.15, -0.1) is 0 Å². The highest BCUT2D eigenvalue weighted by Crippen LogP contribution is 2.35. The molecule has 3 rings (SSSR count). The monoisotopic (exact) mass is 313 g/mol. The van der Waals surface area contributed by atoms with Gasteiger partial charge in [-0.2, -0.15) is 4.39 Å². The molecular formula is C12H12FN3O4S. The fourth-order valence-corrected chi connectivity index (χ4v) is 2.59. The lowest BCUT2D eigenvalue weighted by Gasteiger charge is -2.16. The summed E-state index contributed by atoms with van der Waals surface area (Å²) in [4.78, 5) is 10.3. The maximum Gasteiger partial charge on any atom is 0.211 e. The van der Waals surface area contributed by atoms with E-state index in [0.717, 1.165) is 6.20 Å². The molecule has 3 aliphatic rings. The zero-order chi connectivity index (χ0) is 15.1. The minimum atomic E-state index is -1.24. The van der Waals surface area contributed by atoms with Crippen molar-refractivity contribution in [1.29, 1.82) is 0 Å². The van der Waals surface area contributed by atoms with E-state index in [2.05, 4.69) is 15.0 Å². The number of aliphatic hydroxyl groups is 3. The summed E-state index contributed by atoms with van der Waals surface area (Å²) in [7, 11) is 0. The van der Waals surface area contributed by atoms with Crippen molar-refractivity contribution in [1.82, 2.24) is 15.0 Å². The van der Waals surface area contributed by atoms with Crippen LogP contribution in [0.2, 0.25) is 0 Å². The number of aromatic amines is 1. The number of aliphatic hydroxyl groups excluding tert-OH is 3. The van der Waals surface area contributed by atoms with Crippen LogP contribution in [0.3, 0.4) is 0 Å². The summed E-state index contributed by atoms with van der Waals surface area (Å²) >= 11 is 5.11. The Kier molecular flexibility index (Phi) is 3.68. The van der Waals surface area contributed by atoms with E-state index in [0.29, 0.717) is 11.3 Å². The number of pyridine rings is 1. The van der Waals surface area contributed by atoms with E-state index in [-0.39, 0.29) is 10.5 Å². The number of aromatic nitrogens is 3. The molecular weight excluding hydrogens is 301 g/mol. The molecule has 1 saturated heterocycles. The Morgan fingerprint density at radius 3 is 2.81 bits per heavy atom. The lowest BCUT2D eigenvalue weighted by molar-refractivity contribution is -0.0229. The molecule has 0 aliphatic carbocycles. The molecule has 0 aromatic carbocycles. The van der Waals surface area contributed by atoms with Crippen molar-refractivity contribution in [3.8, 4) is 11.5 Å². The van der Waals surface area contributed by atoms with Gasteiger partial charge in [-0.05, 0) is 6.07 Å². The summed E-state index contributed by atoms with van der Waals surface area (Å²) in [6, 6.07) is 1.51. The van der Waals surface area contributed by atoms with Gasteiger partial charge < -0.3 is 25.0 Å². The van der Waals surface area contributed by atoms with Crippen molar-refractivity contribution in [3.63, 3.8) is 0 Å². The first-order chi connectivity index (χ1) is 10.0. The molecule has 9 heteroatoms. The molecule has 112 valence electrons. The first kappa shape index (κ1) is 14.4. The summed E-state index contributed by atoms with van der Waals surface area (Å²) in [5.41, 5.74) is 0.699. The first-order valence-corrected chi connectivity index (χ1v) is 6.60. The highest BCUT2D eigenvalue weighted by atomic mass is 32.1. The third kappa shape index (κ3) is 2.43. The Balaban J connectivity index is 2.06. The summed E-state index contributed by atoms with van der Waals surface area (Å²) in [5, 5.41) is 28.9. The normalized spacial score (nSPS) is 29.1. The van der Waals surface area contributed by atoms with E-state index in [9.17, 15) is 14.6 Å². The smallest absolute Gasteiger partial charge is 0.211 e. The number of ether oxygens (including phenoxy) is 1. The zero-order valence-electron chi connectivity index (χ0n) is 10.6. The number of hydrogen-bond donors (Lipinski definition) is 4. The summed E-state index contributed by atoms with van der Waals surface area (Å²) in [5.74, 6) is -0.472. The number of H-pyrrole nitrogens is 1. The van der Waals surface area contributed by atoms with Gasteiger partial charge in [0.05, 0.1) is 12.8 Å². The summed E-state index contributed by atoms with van der Waals surface area (Å²) in [6.07, 6.45) is -3.30. The Hall–Kier alpha value is -1.52. The van der Waals surface area contributed by atoms with Crippen LogP contribution in [0, 0.1) is 10.6 Å². The minimum absolute atomic E-state index is 0.0981. The predicted octanol–water partition coefficient (Wildman–Crippen LogP) is -0.0679. The van der Waals surface area contributed by atoms with Crippen LogP contribution in [0.15, 0.2) is 12.3 Å². The molecule has 0 spiro atoms. The van der Waals surface area contributed by atoms with Crippen molar-refractivity contribution >= 4 is 12.2 Å². The Labute approximate surface area is 123 Å². The van der Waals surface area contributed by atoms with Crippen LogP contribution in [-0.4, -0.2) is 55.2 Å². The summed E-state index contributed by atoms with van der Waals surface area (Å²) in [6.45, 7) is -0.431. The lowest BCUT2D eigenvalue weighted by Crippen LogP contribution is -2.32. The third-order valence-electron chi connectivity index (χ3n) is 3.40. The molecule has 0 aromatic rings. The molecule has 1 fully saturated rings. The van der Waals surface area contributed by atoms with Gasteiger partial charge in [0.15, 0.2) is 5.82 Å². The SMILES string of the molecule is OC[C@H]1O[C@@H](c2cc3ncc(F)[nH]c-3nc2=S)C(O)[C@H]1O. The standard InChI is InChI=1S/C12H12FN3O4S/c13-7-2-14-5-1-4(12(21)16-11(5)15-7)10-9(19)8(18)6(3-17)20-10/h1-2,6,8-10,17-19H,3H2,(H,15,16,21)/t6-,8+,9?,10+/m1/s1. The van der Waals surface area contributed by atoms with Gasteiger partial charge in [0.25, 0.3) is 0 Å². The molecule has 0 aromatic heterocycles. The van der Waals surface area contributed by atoms with Crippen LogP contribution >= 0.6 is 12.2 Å². The third-order valence-corrected chi connectivity index (χ3v) is 3.73. The van der Waals surface area contributed by atoms with Gasteiger partial charge in [0.1, 0.15) is 34.8 Å². The fourth-order valence-electron chi connectivity index (χ4n) is 2.32. The molecule has 0 amide bonds. The van der Waals surface area contributed by atoms with Crippen LogP contribution in [0.1, 0.15) is 11.7 Å². The maximum atomic E-state index is 13.1. The quantitative estimate of drug-likeness (QED) is 0.574. The van der Waals surface area contributed by atoms with Crippen molar-refractivity contribution in [2.24, 2.45) is 0 Å². The van der Waals surface area contributed by atoms with Crippen LogP contribution < -0.4 is 0 Å². The van der Waals surface area contributed by atoms with Crippen molar-refractivity contribution in [3.05, 3.63) is 28.4 Å². The van der Waals surface area contributed by atoms with Crippen molar-refractivity contribution in [2.45, 2.75) is 24.4 Å². The number of rotatable bonds is 2. The lowest BCUT2D eigenvalue weighted by atomic mass is 10.0. The van der Waals surface area contributed by atoms with Gasteiger partial charge in [-0.3, -0.25) is 0 Å². The Morgan fingerprint density at radius 1 is 1.38 bits per heavy atom. The number of fused-ring (bicyclic) bond motifs is 1. The fraction of sp³-hybridized carbons (Fsp3) is 0.417. The van der Waals surface area contributed by atoms with Crippen molar-refractivity contribution in [2.75, 3.05) is 6.61 Å². The highest BCUT2D eigenvalue weighted by molar-refractivity contribution is 7.71. The molecule has 1 unspecified atom stereocenters. The molecule has 4 N–H and O–H groups in total. The average molecular weight is 313 g/mol. The van der Waals surface area contributed by atoms with E-state index in [1.54, 1.807) is 0 Å². The molecule has 0 saturated carbocycles. The van der Waals surface area contributed by atoms with Crippen LogP contribution in [0.5, 0.6) is 0 Å². The number of nitrogens with one attached hydrogen (secondary N) is 1. The Morgan fingerprint density at radius 2 is 2.14 bits per heavy atom. The molecule has 21 heavy (non-hydrogen) atoms. The van der Waals surface area contributed by atoms with Gasteiger partial charge in [0, 0.05) is 5.56 Å². The number of nitrogens with zero attached hydrogens (tertiary/aromatic N) is 2. The second-order valence-electron chi connectivity index (χ2n) is 4.74. The van der Waals surface area contributed by atoms with Crippen LogP contribution in [-0.2, 0) is 4.74 Å². The predicted molar refractivity (Wildman–Crippen MR) is 70.5 cm³/mol. The second-order valence-corrected chi connectivity index (χ2v) is 5.13. The molecule has 0 bridgehead atoms. The minimum Gasteiger partial charge on any atom is -0.394 e. The van der Waals surface area contributed by atoms with E-state index in [4.69, 9.17) is 22.1 Å². The molecule has 3 aliphatic heterocycles. The van der Waals surface area contributed by atoms with E-state index >= 15 is 0 Å². The number of hydrogen-bond acceptors (Lipinski definition) is 7. The maximum absolute atomic E-state index is 13.1.